The van der Waals surface area contributed by atoms with Crippen molar-refractivity contribution in [1.82, 2.24) is 0 Å². The minimum absolute atomic E-state index is 0.0127. The number of anilines is 8. The maximum atomic E-state index is 13.2. The predicted molar refractivity (Wildman–Crippen MR) is 301 cm³/mol. The number of Topliss-reactive ketones (excluding diaryl/α,β-unsaturated/α-hetero) is 4. The molecule has 0 aromatic heterocycles. The van der Waals surface area contributed by atoms with E-state index in [2.05, 4.69) is 31.9 Å². The summed E-state index contributed by atoms with van der Waals surface area (Å²) in [5.74, 6) is -1.88. The summed E-state index contributed by atoms with van der Waals surface area (Å²) >= 11 is 0. The Kier molecular flexibility index (Phi) is 14.7. The van der Waals surface area contributed by atoms with Crippen LogP contribution in [-0.4, -0.2) is 60.9 Å². The summed E-state index contributed by atoms with van der Waals surface area (Å²) in [6.45, 7) is 10.1. The van der Waals surface area contributed by atoms with Crippen molar-refractivity contribution in [3.63, 3.8) is 0 Å². The van der Waals surface area contributed by atoms with Gasteiger partial charge in [0.05, 0.1) is 68.4 Å². The molecule has 378 valence electrons. The monoisotopic (exact) mass is 996 g/mol. The minimum atomic E-state index is -0.423. The highest BCUT2D eigenvalue weighted by atomic mass is 16.2. The lowest BCUT2D eigenvalue weighted by Gasteiger charge is -2.32. The first kappa shape index (κ1) is 51.0. The van der Waals surface area contributed by atoms with Crippen molar-refractivity contribution < 1.29 is 28.8 Å². The highest BCUT2D eigenvalue weighted by Crippen LogP contribution is 2.43. The van der Waals surface area contributed by atoms with Crippen molar-refractivity contribution in [3.8, 4) is 0 Å². The number of fused-ring (bicyclic) bond motifs is 6. The third-order valence-electron chi connectivity index (χ3n) is 13.7. The molecule has 4 atom stereocenters. The molecule has 6 aromatic carbocycles. The van der Waals surface area contributed by atoms with Crippen LogP contribution in [0.4, 0.5) is 45.5 Å². The summed E-state index contributed by atoms with van der Waals surface area (Å²) in [4.78, 5) is 78.8. The van der Waals surface area contributed by atoms with Crippen molar-refractivity contribution in [2.24, 2.45) is 23.7 Å². The van der Waals surface area contributed by atoms with Crippen LogP contribution in [0.2, 0.25) is 0 Å². The fourth-order valence-electron chi connectivity index (χ4n) is 10.4. The normalized spacial score (nSPS) is 18.3. The molecule has 0 saturated carbocycles. The van der Waals surface area contributed by atoms with Crippen molar-refractivity contribution in [3.05, 3.63) is 214 Å². The third-order valence-corrected chi connectivity index (χ3v) is 13.7. The van der Waals surface area contributed by atoms with Gasteiger partial charge >= 0.3 is 0 Å². The van der Waals surface area contributed by atoms with Crippen LogP contribution in [-0.2, 0) is 0 Å². The molecule has 0 fully saturated rings. The van der Waals surface area contributed by atoms with Gasteiger partial charge in [0, 0.05) is 71.4 Å². The lowest BCUT2D eigenvalue weighted by atomic mass is 9.71. The number of hydrogen-bond donors (Lipinski definition) is 6. The van der Waals surface area contributed by atoms with Gasteiger partial charge < -0.3 is 31.9 Å². The second kappa shape index (κ2) is 21.7. The van der Waals surface area contributed by atoms with E-state index in [0.29, 0.717) is 67.3 Å². The fourth-order valence-corrected chi connectivity index (χ4v) is 10.4. The zero-order valence-electron chi connectivity index (χ0n) is 43.0. The molecule has 5 aliphatic carbocycles. The van der Waals surface area contributed by atoms with Gasteiger partial charge in [0.1, 0.15) is 0 Å². The van der Waals surface area contributed by atoms with Crippen LogP contribution in [0.1, 0.15) is 107 Å². The first-order valence-corrected chi connectivity index (χ1v) is 25.3. The highest BCUT2D eigenvalue weighted by molar-refractivity contribution is 6.32. The Hall–Kier alpha value is -8.90. The van der Waals surface area contributed by atoms with E-state index in [1.807, 2.05) is 174 Å². The average molecular weight is 997 g/mol. The number of allylic oxidation sites excluding steroid dienone is 8. The number of para-hydroxylation sites is 1. The number of benzene rings is 6. The number of carbonyl (C=O) groups is 6. The van der Waals surface area contributed by atoms with Gasteiger partial charge in [-0.2, -0.15) is 0 Å². The molecule has 0 radical (unpaired) electrons. The summed E-state index contributed by atoms with van der Waals surface area (Å²) < 4.78 is 0. The van der Waals surface area contributed by atoms with Crippen LogP contribution in [0.3, 0.4) is 0 Å². The predicted octanol–water partition coefficient (Wildman–Crippen LogP) is 12.8. The molecule has 11 rings (SSSR count). The minimum Gasteiger partial charge on any atom is -0.388 e. The molecule has 0 amide bonds. The van der Waals surface area contributed by atoms with E-state index in [4.69, 9.17) is 0 Å². The average Bonchev–Trinajstić information content (AvgIpc) is 3.42. The number of carbonyl (C=O) groups excluding carboxylic acids is 6. The maximum absolute atomic E-state index is 13.2. The highest BCUT2D eigenvalue weighted by Gasteiger charge is 2.44. The van der Waals surface area contributed by atoms with E-state index < -0.39 is 23.7 Å². The fraction of sp³-hybridized carbons (Fsp3) is 0.206. The summed E-state index contributed by atoms with van der Waals surface area (Å²) in [7, 11) is 3.52. The second-order valence-electron chi connectivity index (χ2n) is 19.6. The Balaban J connectivity index is 0.000000138. The van der Waals surface area contributed by atoms with Crippen LogP contribution in [0.25, 0.3) is 0 Å². The first-order chi connectivity index (χ1) is 36.2. The number of rotatable bonds is 10. The Bertz CT molecular complexity index is 3360. The van der Waals surface area contributed by atoms with Crippen LogP contribution < -0.4 is 31.9 Å². The van der Waals surface area contributed by atoms with E-state index >= 15 is 0 Å². The zero-order chi connectivity index (χ0) is 53.1. The van der Waals surface area contributed by atoms with Crippen molar-refractivity contribution in [2.75, 3.05) is 46.0 Å². The van der Waals surface area contributed by atoms with Crippen molar-refractivity contribution in [2.45, 2.75) is 46.7 Å². The molecule has 4 unspecified atom stereocenters. The molecule has 12 nitrogen and oxygen atoms in total. The van der Waals surface area contributed by atoms with E-state index in [1.165, 1.54) is 0 Å². The number of nitrogens with one attached hydrogen (secondary N) is 6. The zero-order valence-corrected chi connectivity index (χ0v) is 43.0. The van der Waals surface area contributed by atoms with Crippen LogP contribution >= 0.6 is 0 Å². The van der Waals surface area contributed by atoms with Gasteiger partial charge in [-0.3, -0.25) is 28.8 Å². The van der Waals surface area contributed by atoms with E-state index in [1.54, 1.807) is 38.4 Å². The molecule has 6 aromatic rings. The maximum Gasteiger partial charge on any atom is 0.196 e. The Morgan fingerprint density at radius 1 is 0.373 bits per heavy atom. The summed E-state index contributed by atoms with van der Waals surface area (Å²) in [6, 6.07) is 36.1. The standard InChI is InChI=1S/C22H18N2O2.C21H18N2O2.C20H24N2O2/c1-13-6-5-7-14(12-13)24-18-11-10-17(23-2)19-20(18)22(26)16-9-4-3-8-15(16)21(19)25;1-22-16-11-12-17(23-13-7-3-2-4-8-13)19-18(16)20(24)14-9-5-6-10-15(14)21(19)25;1-11(2)21-15-9-10-16(22-12(3)4)18-17(15)19(23)13-7-5-6-8-14(13)20(18)24/h3-12,23-24H,1-2H3;2-12,14-15,22-23H,1H3;5-14,21-22H,1-4H3. The molecule has 0 heterocycles. The van der Waals surface area contributed by atoms with Gasteiger partial charge in [0.15, 0.2) is 34.7 Å². The van der Waals surface area contributed by atoms with E-state index in [0.717, 1.165) is 28.3 Å². The summed E-state index contributed by atoms with van der Waals surface area (Å²) in [5, 5.41) is 19.3. The molecule has 5 aliphatic rings. The van der Waals surface area contributed by atoms with E-state index in [-0.39, 0.29) is 46.8 Å². The second-order valence-corrected chi connectivity index (χ2v) is 19.6. The van der Waals surface area contributed by atoms with Gasteiger partial charge in [-0.1, -0.05) is 103 Å². The van der Waals surface area contributed by atoms with Gasteiger partial charge in [-0.05, 0) is 101 Å². The largest absolute Gasteiger partial charge is 0.388 e. The smallest absolute Gasteiger partial charge is 0.196 e. The number of aryl methyl sites for hydroxylation is 1. The lowest BCUT2D eigenvalue weighted by molar-refractivity contribution is 0.0803. The molecular weight excluding hydrogens is 937 g/mol. The van der Waals surface area contributed by atoms with Crippen LogP contribution in [0.15, 0.2) is 164 Å². The number of hydrogen-bond acceptors (Lipinski definition) is 12. The lowest BCUT2D eigenvalue weighted by Crippen LogP contribution is -2.37. The summed E-state index contributed by atoms with van der Waals surface area (Å²) in [6.07, 6.45) is 14.7. The SMILES string of the molecule is CC(C)Nc1ccc(NC(C)C)c2c1C(=O)C1C=CC=CC1C2=O.CNc1ccc(Nc2cccc(C)c2)c2c1C(=O)c1ccccc1C2=O.CNc1ccc(Nc2ccccc2)c2c1C(=O)C1C=CC=CC1C2=O. The molecule has 0 aliphatic heterocycles. The molecule has 0 bridgehead atoms. The summed E-state index contributed by atoms with van der Waals surface area (Å²) in [5.41, 5.74) is 10.8. The van der Waals surface area contributed by atoms with Crippen LogP contribution in [0, 0.1) is 30.6 Å². The topological polar surface area (TPSA) is 175 Å². The first-order valence-electron chi connectivity index (χ1n) is 25.3. The van der Waals surface area contributed by atoms with Crippen molar-refractivity contribution >= 4 is 80.2 Å². The Labute approximate surface area is 437 Å². The van der Waals surface area contributed by atoms with Gasteiger partial charge in [0.2, 0.25) is 0 Å². The molecule has 75 heavy (non-hydrogen) atoms. The van der Waals surface area contributed by atoms with Gasteiger partial charge in [-0.15, -0.1) is 0 Å². The quantitative estimate of drug-likeness (QED) is 0.0766. The third kappa shape index (κ3) is 9.99. The van der Waals surface area contributed by atoms with E-state index in [9.17, 15) is 28.8 Å². The molecular formula is C63H60N6O6. The van der Waals surface area contributed by atoms with Crippen LogP contribution in [0.5, 0.6) is 0 Å². The molecule has 0 saturated heterocycles. The van der Waals surface area contributed by atoms with Gasteiger partial charge in [-0.25, -0.2) is 0 Å². The van der Waals surface area contributed by atoms with Crippen molar-refractivity contribution in [1.29, 1.82) is 0 Å². The van der Waals surface area contributed by atoms with Gasteiger partial charge in [0.25, 0.3) is 0 Å². The Morgan fingerprint density at radius 2 is 0.720 bits per heavy atom. The molecule has 6 N–H and O–H groups in total. The molecule has 0 spiro atoms. The molecule has 12 heteroatoms. The Morgan fingerprint density at radius 3 is 1.16 bits per heavy atom. The number of ketones is 6.